The van der Waals surface area contributed by atoms with Crippen molar-refractivity contribution in [2.45, 2.75) is 13.5 Å². The number of aryl methyl sites for hydroxylation is 1. The lowest BCUT2D eigenvalue weighted by Gasteiger charge is -2.19. The zero-order valence-electron chi connectivity index (χ0n) is 11.5. The van der Waals surface area contributed by atoms with Gasteiger partial charge in [-0.3, -0.25) is 4.98 Å². The molecule has 6 heteroatoms. The third-order valence-electron chi connectivity index (χ3n) is 2.90. The van der Waals surface area contributed by atoms with Gasteiger partial charge in [-0.15, -0.1) is 0 Å². The van der Waals surface area contributed by atoms with Crippen LogP contribution in [0.3, 0.4) is 0 Å². The van der Waals surface area contributed by atoms with E-state index in [0.717, 1.165) is 17.1 Å². The van der Waals surface area contributed by atoms with Gasteiger partial charge in [-0.1, -0.05) is 5.16 Å². The zero-order chi connectivity index (χ0) is 14.5. The number of nitrogens with zero attached hydrogens (tertiary/aromatic N) is 4. The molecular weight excluding hydrogens is 254 g/mol. The SMILES string of the molecule is Cc1cc(/C(N)=N/O)cc(N(C)Cc2ccncc2)n1. The van der Waals surface area contributed by atoms with Gasteiger partial charge >= 0.3 is 0 Å². The summed E-state index contributed by atoms with van der Waals surface area (Å²) in [6.07, 6.45) is 3.52. The predicted molar refractivity (Wildman–Crippen MR) is 77.8 cm³/mol. The third kappa shape index (κ3) is 3.23. The van der Waals surface area contributed by atoms with Crippen molar-refractivity contribution in [1.29, 1.82) is 0 Å². The van der Waals surface area contributed by atoms with Crippen molar-refractivity contribution in [1.82, 2.24) is 9.97 Å². The fourth-order valence-corrected chi connectivity index (χ4v) is 1.90. The Morgan fingerprint density at radius 3 is 2.70 bits per heavy atom. The molecule has 0 spiro atoms. The molecule has 3 N–H and O–H groups in total. The van der Waals surface area contributed by atoms with Gasteiger partial charge in [-0.2, -0.15) is 0 Å². The molecule has 0 fully saturated rings. The Labute approximate surface area is 117 Å². The highest BCUT2D eigenvalue weighted by Gasteiger charge is 2.08. The van der Waals surface area contributed by atoms with Gasteiger partial charge in [-0.25, -0.2) is 4.98 Å². The molecule has 104 valence electrons. The topological polar surface area (TPSA) is 87.6 Å². The molecule has 0 aliphatic carbocycles. The van der Waals surface area contributed by atoms with Crippen molar-refractivity contribution in [3.63, 3.8) is 0 Å². The minimum absolute atomic E-state index is 0.0778. The molecule has 0 amide bonds. The van der Waals surface area contributed by atoms with Crippen LogP contribution in [0.1, 0.15) is 16.8 Å². The monoisotopic (exact) mass is 271 g/mol. The maximum Gasteiger partial charge on any atom is 0.170 e. The molecular formula is C14H17N5O. The zero-order valence-corrected chi connectivity index (χ0v) is 11.5. The van der Waals surface area contributed by atoms with Crippen molar-refractivity contribution in [2.24, 2.45) is 10.9 Å². The standard InChI is InChI=1S/C14H17N5O/c1-10-7-12(14(15)18-20)8-13(17-10)19(2)9-11-3-5-16-6-4-11/h3-8,20H,9H2,1-2H3,(H2,15,18). The van der Waals surface area contributed by atoms with E-state index in [-0.39, 0.29) is 5.84 Å². The van der Waals surface area contributed by atoms with E-state index < -0.39 is 0 Å². The molecule has 20 heavy (non-hydrogen) atoms. The first kappa shape index (κ1) is 13.8. The molecule has 2 aromatic heterocycles. The normalized spacial score (nSPS) is 11.4. The van der Waals surface area contributed by atoms with E-state index in [2.05, 4.69) is 15.1 Å². The molecule has 0 atom stereocenters. The minimum Gasteiger partial charge on any atom is -0.409 e. The summed E-state index contributed by atoms with van der Waals surface area (Å²) < 4.78 is 0. The van der Waals surface area contributed by atoms with Gasteiger partial charge in [0.1, 0.15) is 5.82 Å². The van der Waals surface area contributed by atoms with Crippen LogP contribution in [0.5, 0.6) is 0 Å². The first-order valence-electron chi connectivity index (χ1n) is 6.17. The number of anilines is 1. The molecule has 0 bridgehead atoms. The molecule has 0 aromatic carbocycles. The van der Waals surface area contributed by atoms with Crippen molar-refractivity contribution < 1.29 is 5.21 Å². The largest absolute Gasteiger partial charge is 0.409 e. The summed E-state index contributed by atoms with van der Waals surface area (Å²) in [6.45, 7) is 2.58. The van der Waals surface area contributed by atoms with Gasteiger partial charge in [-0.05, 0) is 36.8 Å². The lowest BCUT2D eigenvalue weighted by Crippen LogP contribution is -2.20. The molecule has 0 radical (unpaired) electrons. The van der Waals surface area contributed by atoms with Crippen LogP contribution in [0.2, 0.25) is 0 Å². The van der Waals surface area contributed by atoms with Crippen molar-refractivity contribution in [3.05, 3.63) is 53.5 Å². The summed E-state index contributed by atoms with van der Waals surface area (Å²) >= 11 is 0. The van der Waals surface area contributed by atoms with E-state index >= 15 is 0 Å². The summed E-state index contributed by atoms with van der Waals surface area (Å²) in [6, 6.07) is 7.48. The fourth-order valence-electron chi connectivity index (χ4n) is 1.90. The van der Waals surface area contributed by atoms with Crippen LogP contribution >= 0.6 is 0 Å². The van der Waals surface area contributed by atoms with Crippen LogP contribution in [0, 0.1) is 6.92 Å². The van der Waals surface area contributed by atoms with Crippen LogP contribution in [-0.4, -0.2) is 28.1 Å². The number of rotatable bonds is 4. The van der Waals surface area contributed by atoms with Crippen LogP contribution < -0.4 is 10.6 Å². The average Bonchev–Trinajstić information content (AvgIpc) is 2.46. The van der Waals surface area contributed by atoms with Crippen molar-refractivity contribution in [2.75, 3.05) is 11.9 Å². The number of amidine groups is 1. The molecule has 0 saturated heterocycles. The van der Waals surface area contributed by atoms with Gasteiger partial charge in [0.25, 0.3) is 0 Å². The molecule has 6 nitrogen and oxygen atoms in total. The van der Waals surface area contributed by atoms with Gasteiger partial charge in [0, 0.05) is 37.2 Å². The number of aromatic nitrogens is 2. The molecule has 2 heterocycles. The molecule has 2 rings (SSSR count). The second-order valence-electron chi connectivity index (χ2n) is 4.55. The molecule has 0 aliphatic heterocycles. The maximum absolute atomic E-state index is 8.77. The highest BCUT2D eigenvalue weighted by molar-refractivity contribution is 5.97. The van der Waals surface area contributed by atoms with Crippen LogP contribution in [0.15, 0.2) is 41.8 Å². The lowest BCUT2D eigenvalue weighted by molar-refractivity contribution is 0.318. The third-order valence-corrected chi connectivity index (χ3v) is 2.90. The van der Waals surface area contributed by atoms with E-state index in [0.29, 0.717) is 12.1 Å². The second kappa shape index (κ2) is 6.01. The Hall–Kier alpha value is -2.63. The van der Waals surface area contributed by atoms with Gasteiger partial charge in [0.05, 0.1) is 0 Å². The van der Waals surface area contributed by atoms with Crippen LogP contribution in [0.4, 0.5) is 5.82 Å². The number of nitrogens with two attached hydrogens (primary N) is 1. The first-order chi connectivity index (χ1) is 9.60. The summed E-state index contributed by atoms with van der Waals surface area (Å²) in [7, 11) is 1.94. The lowest BCUT2D eigenvalue weighted by atomic mass is 10.2. The smallest absolute Gasteiger partial charge is 0.170 e. The average molecular weight is 271 g/mol. The number of pyridine rings is 2. The Morgan fingerprint density at radius 2 is 2.05 bits per heavy atom. The van der Waals surface area contributed by atoms with Gasteiger partial charge in [0.2, 0.25) is 0 Å². The molecule has 0 saturated carbocycles. The Morgan fingerprint density at radius 1 is 1.35 bits per heavy atom. The fraction of sp³-hybridized carbons (Fsp3) is 0.214. The van der Waals surface area contributed by atoms with Crippen LogP contribution in [0.25, 0.3) is 0 Å². The van der Waals surface area contributed by atoms with Crippen molar-refractivity contribution in [3.8, 4) is 0 Å². The Kier molecular flexibility index (Phi) is 4.14. The van der Waals surface area contributed by atoms with E-state index in [1.54, 1.807) is 24.5 Å². The van der Waals surface area contributed by atoms with E-state index in [9.17, 15) is 0 Å². The summed E-state index contributed by atoms with van der Waals surface area (Å²) in [5.41, 5.74) is 8.23. The second-order valence-corrected chi connectivity index (χ2v) is 4.55. The van der Waals surface area contributed by atoms with Crippen molar-refractivity contribution >= 4 is 11.7 Å². The predicted octanol–water partition coefficient (Wildman–Crippen LogP) is 1.52. The number of hydrogen-bond donors (Lipinski definition) is 2. The quantitative estimate of drug-likeness (QED) is 0.381. The maximum atomic E-state index is 8.77. The highest BCUT2D eigenvalue weighted by Crippen LogP contribution is 2.16. The molecule has 0 unspecified atom stereocenters. The summed E-state index contributed by atoms with van der Waals surface area (Å²) in [4.78, 5) is 10.5. The van der Waals surface area contributed by atoms with E-state index in [4.69, 9.17) is 10.9 Å². The minimum atomic E-state index is 0.0778. The first-order valence-corrected chi connectivity index (χ1v) is 6.17. The molecule has 2 aromatic rings. The highest BCUT2D eigenvalue weighted by atomic mass is 16.4. The van der Waals surface area contributed by atoms with E-state index in [1.807, 2.05) is 31.0 Å². The number of oxime groups is 1. The molecule has 0 aliphatic rings. The van der Waals surface area contributed by atoms with Crippen LogP contribution in [-0.2, 0) is 6.54 Å². The summed E-state index contributed by atoms with van der Waals surface area (Å²) in [5.74, 6) is 0.845. The summed E-state index contributed by atoms with van der Waals surface area (Å²) in [5, 5.41) is 11.8. The Balaban J connectivity index is 2.26. The van der Waals surface area contributed by atoms with Gasteiger partial charge < -0.3 is 15.8 Å². The number of hydrogen-bond acceptors (Lipinski definition) is 5. The Bertz CT molecular complexity index is 612. The van der Waals surface area contributed by atoms with Gasteiger partial charge in [0.15, 0.2) is 5.84 Å². The van der Waals surface area contributed by atoms with E-state index in [1.165, 1.54) is 0 Å².